The third-order valence-corrected chi connectivity index (χ3v) is 3.42. The molecule has 0 atom stereocenters. The third kappa shape index (κ3) is 3.01. The lowest BCUT2D eigenvalue weighted by molar-refractivity contribution is 0.0794. The zero-order valence-electron chi connectivity index (χ0n) is 10.1. The van der Waals surface area contributed by atoms with E-state index in [9.17, 15) is 4.79 Å². The first-order chi connectivity index (χ1) is 8.68. The molecule has 0 bridgehead atoms. The van der Waals surface area contributed by atoms with Gasteiger partial charge in [0.1, 0.15) is 5.76 Å². The second-order valence-electron chi connectivity index (χ2n) is 4.04. The topological polar surface area (TPSA) is 33.5 Å². The predicted octanol–water partition coefficient (Wildman–Crippen LogP) is 3.36. The van der Waals surface area contributed by atoms with E-state index < -0.39 is 0 Å². The number of nitrogens with zero attached hydrogens (tertiary/aromatic N) is 1. The second kappa shape index (κ2) is 5.87. The van der Waals surface area contributed by atoms with Crippen molar-refractivity contribution in [3.05, 3.63) is 58.5 Å². The molecule has 0 unspecified atom stereocenters. The van der Waals surface area contributed by atoms with E-state index in [1.54, 1.807) is 18.2 Å². The lowest BCUT2D eigenvalue weighted by Crippen LogP contribution is -2.29. The van der Waals surface area contributed by atoms with Crippen molar-refractivity contribution in [3.63, 3.8) is 0 Å². The highest BCUT2D eigenvalue weighted by Gasteiger charge is 2.14. The van der Waals surface area contributed by atoms with Crippen LogP contribution in [0.2, 0.25) is 0 Å². The molecule has 0 aliphatic heterocycles. The number of hydrogen-bond acceptors (Lipinski definition) is 2. The summed E-state index contributed by atoms with van der Waals surface area (Å²) in [5, 5.41) is 0. The minimum Gasteiger partial charge on any atom is -0.469 e. The summed E-state index contributed by atoms with van der Waals surface area (Å²) in [4.78, 5) is 13.9. The molecular formula is C14H14BrNO2. The Balaban J connectivity index is 1.99. The number of furan rings is 1. The summed E-state index contributed by atoms with van der Waals surface area (Å²) in [7, 11) is 1.80. The van der Waals surface area contributed by atoms with Crippen molar-refractivity contribution in [2.75, 3.05) is 13.6 Å². The average molecular weight is 308 g/mol. The highest BCUT2D eigenvalue weighted by Crippen LogP contribution is 2.17. The highest BCUT2D eigenvalue weighted by molar-refractivity contribution is 9.10. The standard InChI is InChI=1S/C14H14BrNO2/c1-16(9-8-11-5-4-10-18-11)14(17)12-6-2-3-7-13(12)15/h2-7,10H,8-9H2,1H3. The monoisotopic (exact) mass is 307 g/mol. The molecule has 94 valence electrons. The minimum atomic E-state index is 0.00836. The fraction of sp³-hybridized carbons (Fsp3) is 0.214. The van der Waals surface area contributed by atoms with Crippen molar-refractivity contribution in [2.45, 2.75) is 6.42 Å². The molecule has 0 radical (unpaired) electrons. The van der Waals surface area contributed by atoms with Crippen LogP contribution in [0.5, 0.6) is 0 Å². The van der Waals surface area contributed by atoms with E-state index in [0.717, 1.165) is 16.7 Å². The van der Waals surface area contributed by atoms with Gasteiger partial charge in [-0.25, -0.2) is 0 Å². The Hall–Kier alpha value is -1.55. The fourth-order valence-corrected chi connectivity index (χ4v) is 2.13. The van der Waals surface area contributed by atoms with Crippen LogP contribution in [0.1, 0.15) is 16.1 Å². The van der Waals surface area contributed by atoms with Gasteiger partial charge in [0, 0.05) is 24.5 Å². The lowest BCUT2D eigenvalue weighted by atomic mass is 10.2. The molecule has 1 heterocycles. The average Bonchev–Trinajstić information content (AvgIpc) is 2.89. The number of likely N-dealkylation sites (N-methyl/N-ethyl adjacent to an activating group) is 1. The van der Waals surface area contributed by atoms with Gasteiger partial charge in [-0.2, -0.15) is 0 Å². The number of halogens is 1. The first-order valence-corrected chi connectivity index (χ1v) is 6.50. The van der Waals surface area contributed by atoms with Gasteiger partial charge >= 0.3 is 0 Å². The molecule has 0 aliphatic rings. The molecule has 0 fully saturated rings. The van der Waals surface area contributed by atoms with Gasteiger partial charge in [-0.1, -0.05) is 12.1 Å². The molecule has 0 saturated heterocycles. The Morgan fingerprint density at radius 1 is 1.28 bits per heavy atom. The number of amides is 1. The van der Waals surface area contributed by atoms with Crippen molar-refractivity contribution < 1.29 is 9.21 Å². The Kier molecular flexibility index (Phi) is 4.20. The zero-order chi connectivity index (χ0) is 13.0. The third-order valence-electron chi connectivity index (χ3n) is 2.72. The van der Waals surface area contributed by atoms with Crippen LogP contribution in [0.3, 0.4) is 0 Å². The zero-order valence-corrected chi connectivity index (χ0v) is 11.7. The molecule has 1 aromatic heterocycles. The molecule has 18 heavy (non-hydrogen) atoms. The summed E-state index contributed by atoms with van der Waals surface area (Å²) in [6.07, 6.45) is 2.37. The smallest absolute Gasteiger partial charge is 0.254 e. The normalized spacial score (nSPS) is 10.3. The quantitative estimate of drug-likeness (QED) is 0.868. The van der Waals surface area contributed by atoms with E-state index in [4.69, 9.17) is 4.42 Å². The van der Waals surface area contributed by atoms with Crippen LogP contribution in [-0.2, 0) is 6.42 Å². The lowest BCUT2D eigenvalue weighted by Gasteiger charge is -2.17. The van der Waals surface area contributed by atoms with Gasteiger partial charge in [0.2, 0.25) is 0 Å². The predicted molar refractivity (Wildman–Crippen MR) is 73.5 cm³/mol. The summed E-state index contributed by atoms with van der Waals surface area (Å²) in [6, 6.07) is 11.2. The van der Waals surface area contributed by atoms with Crippen molar-refractivity contribution in [2.24, 2.45) is 0 Å². The van der Waals surface area contributed by atoms with Gasteiger partial charge in [0.15, 0.2) is 0 Å². The molecule has 3 nitrogen and oxygen atoms in total. The summed E-state index contributed by atoms with van der Waals surface area (Å²) in [5.41, 5.74) is 0.680. The van der Waals surface area contributed by atoms with Crippen molar-refractivity contribution >= 4 is 21.8 Å². The summed E-state index contributed by atoms with van der Waals surface area (Å²) < 4.78 is 6.07. The Labute approximate surface area is 115 Å². The molecule has 0 N–H and O–H groups in total. The van der Waals surface area contributed by atoms with Crippen LogP contribution in [0.4, 0.5) is 0 Å². The van der Waals surface area contributed by atoms with Gasteiger partial charge in [-0.05, 0) is 40.2 Å². The molecule has 1 amide bonds. The Bertz CT molecular complexity index is 522. The molecule has 4 heteroatoms. The van der Waals surface area contributed by atoms with E-state index in [0.29, 0.717) is 12.1 Å². The molecule has 0 spiro atoms. The first kappa shape index (κ1) is 12.9. The van der Waals surface area contributed by atoms with E-state index in [2.05, 4.69) is 15.9 Å². The van der Waals surface area contributed by atoms with Gasteiger partial charge < -0.3 is 9.32 Å². The van der Waals surface area contributed by atoms with E-state index in [1.807, 2.05) is 36.4 Å². The van der Waals surface area contributed by atoms with Crippen LogP contribution >= 0.6 is 15.9 Å². The molecule has 2 rings (SSSR count). The summed E-state index contributed by atoms with van der Waals surface area (Å²) in [5.74, 6) is 0.899. The number of hydrogen-bond donors (Lipinski definition) is 0. The molecular weight excluding hydrogens is 294 g/mol. The maximum atomic E-state index is 12.2. The number of carbonyl (C=O) groups is 1. The first-order valence-electron chi connectivity index (χ1n) is 5.71. The largest absolute Gasteiger partial charge is 0.469 e. The Morgan fingerprint density at radius 2 is 2.06 bits per heavy atom. The Morgan fingerprint density at radius 3 is 2.72 bits per heavy atom. The molecule has 0 saturated carbocycles. The van der Waals surface area contributed by atoms with Crippen LogP contribution in [0, 0.1) is 0 Å². The molecule has 2 aromatic rings. The van der Waals surface area contributed by atoms with E-state index in [1.165, 1.54) is 0 Å². The second-order valence-corrected chi connectivity index (χ2v) is 4.89. The highest BCUT2D eigenvalue weighted by atomic mass is 79.9. The minimum absolute atomic E-state index is 0.00836. The fourth-order valence-electron chi connectivity index (χ4n) is 1.67. The molecule has 0 aliphatic carbocycles. The summed E-state index contributed by atoms with van der Waals surface area (Å²) in [6.45, 7) is 0.633. The number of carbonyl (C=O) groups excluding carboxylic acids is 1. The van der Waals surface area contributed by atoms with Crippen molar-refractivity contribution in [1.82, 2.24) is 4.90 Å². The molecule has 1 aromatic carbocycles. The van der Waals surface area contributed by atoms with Crippen molar-refractivity contribution in [1.29, 1.82) is 0 Å². The maximum Gasteiger partial charge on any atom is 0.254 e. The van der Waals surface area contributed by atoms with Crippen LogP contribution < -0.4 is 0 Å². The number of benzene rings is 1. The van der Waals surface area contributed by atoms with Gasteiger partial charge in [0.25, 0.3) is 5.91 Å². The van der Waals surface area contributed by atoms with Crippen LogP contribution in [-0.4, -0.2) is 24.4 Å². The SMILES string of the molecule is CN(CCc1ccco1)C(=O)c1ccccc1Br. The van der Waals surface area contributed by atoms with Crippen LogP contribution in [0.15, 0.2) is 51.6 Å². The van der Waals surface area contributed by atoms with Gasteiger partial charge in [-0.15, -0.1) is 0 Å². The van der Waals surface area contributed by atoms with Gasteiger partial charge in [0.05, 0.1) is 11.8 Å². The maximum absolute atomic E-state index is 12.2. The van der Waals surface area contributed by atoms with Crippen LogP contribution in [0.25, 0.3) is 0 Å². The number of rotatable bonds is 4. The van der Waals surface area contributed by atoms with Crippen molar-refractivity contribution in [3.8, 4) is 0 Å². The van der Waals surface area contributed by atoms with E-state index in [-0.39, 0.29) is 5.91 Å². The summed E-state index contributed by atoms with van der Waals surface area (Å²) >= 11 is 3.39. The van der Waals surface area contributed by atoms with E-state index >= 15 is 0 Å². The van der Waals surface area contributed by atoms with Gasteiger partial charge in [-0.3, -0.25) is 4.79 Å².